The van der Waals surface area contributed by atoms with E-state index in [2.05, 4.69) is 10.5 Å². The lowest BCUT2D eigenvalue weighted by atomic mass is 10.1. The summed E-state index contributed by atoms with van der Waals surface area (Å²) >= 11 is 0. The van der Waals surface area contributed by atoms with E-state index >= 15 is 0 Å². The summed E-state index contributed by atoms with van der Waals surface area (Å²) in [5.74, 6) is 0.854. The molecule has 1 amide bonds. The zero-order valence-corrected chi connectivity index (χ0v) is 21.9. The molecule has 0 aliphatic carbocycles. The van der Waals surface area contributed by atoms with Crippen LogP contribution in [0.4, 0.5) is 0 Å². The van der Waals surface area contributed by atoms with E-state index in [1.807, 2.05) is 61.5 Å². The van der Waals surface area contributed by atoms with Crippen molar-refractivity contribution in [1.82, 2.24) is 5.43 Å². The Balaban J connectivity index is 1.23. The fourth-order valence-electron chi connectivity index (χ4n) is 3.57. The van der Waals surface area contributed by atoms with Crippen LogP contribution in [0.2, 0.25) is 0 Å². The third-order valence-corrected chi connectivity index (χ3v) is 5.69. The van der Waals surface area contributed by atoms with Crippen molar-refractivity contribution < 1.29 is 23.8 Å². The van der Waals surface area contributed by atoms with Gasteiger partial charge in [0.2, 0.25) is 0 Å². The Morgan fingerprint density at radius 3 is 2.08 bits per heavy atom. The van der Waals surface area contributed by atoms with Crippen LogP contribution in [0.1, 0.15) is 36.2 Å². The van der Waals surface area contributed by atoms with Crippen LogP contribution in [0.25, 0.3) is 11.1 Å². The number of benzene rings is 4. The van der Waals surface area contributed by atoms with E-state index in [1.54, 1.807) is 55.5 Å². The molecule has 0 fully saturated rings. The summed E-state index contributed by atoms with van der Waals surface area (Å²) in [4.78, 5) is 24.8. The maximum atomic E-state index is 12.4. The molecular formula is C32H30N2O5. The predicted octanol–water partition coefficient (Wildman–Crippen LogP) is 6.28. The number of carbonyl (C=O) groups is 2. The Kier molecular flexibility index (Phi) is 9.45. The van der Waals surface area contributed by atoms with Crippen LogP contribution < -0.4 is 19.6 Å². The molecule has 0 saturated heterocycles. The fraction of sp³-hybridized carbons (Fsp3) is 0.156. The molecule has 0 bridgehead atoms. The number of esters is 1. The van der Waals surface area contributed by atoms with Crippen molar-refractivity contribution in [2.75, 3.05) is 6.61 Å². The van der Waals surface area contributed by atoms with Gasteiger partial charge in [-0.1, -0.05) is 49.4 Å². The predicted molar refractivity (Wildman–Crippen MR) is 151 cm³/mol. The molecule has 198 valence electrons. The van der Waals surface area contributed by atoms with E-state index in [4.69, 9.17) is 14.2 Å². The lowest BCUT2D eigenvalue weighted by molar-refractivity contribution is -0.127. The van der Waals surface area contributed by atoms with Gasteiger partial charge in [-0.25, -0.2) is 10.2 Å². The zero-order valence-electron chi connectivity index (χ0n) is 21.9. The molecule has 0 aliphatic rings. The molecule has 0 aliphatic heterocycles. The minimum absolute atomic E-state index is 0.380. The number of ether oxygens (including phenoxy) is 3. The van der Waals surface area contributed by atoms with Gasteiger partial charge in [-0.3, -0.25) is 4.79 Å². The molecule has 7 heteroatoms. The second-order valence-electron chi connectivity index (χ2n) is 8.72. The van der Waals surface area contributed by atoms with Crippen LogP contribution in [0, 0.1) is 0 Å². The zero-order chi connectivity index (χ0) is 27.5. The number of hydrogen-bond acceptors (Lipinski definition) is 6. The molecule has 4 rings (SSSR count). The summed E-state index contributed by atoms with van der Waals surface area (Å²) in [6.45, 7) is 4.31. The summed E-state index contributed by atoms with van der Waals surface area (Å²) in [5.41, 5.74) is 5.81. The number of nitrogens with one attached hydrogen (secondary N) is 1. The number of rotatable bonds is 11. The van der Waals surface area contributed by atoms with Crippen molar-refractivity contribution in [3.8, 4) is 28.4 Å². The van der Waals surface area contributed by atoms with Gasteiger partial charge >= 0.3 is 5.97 Å². The lowest BCUT2D eigenvalue weighted by Gasteiger charge is -2.13. The Labute approximate surface area is 228 Å². The highest BCUT2D eigenvalue weighted by atomic mass is 16.5. The molecule has 0 unspecified atom stereocenters. The first kappa shape index (κ1) is 27.1. The van der Waals surface area contributed by atoms with Crippen molar-refractivity contribution >= 4 is 18.1 Å². The second-order valence-corrected chi connectivity index (χ2v) is 8.72. The first-order chi connectivity index (χ1) is 19.0. The second kappa shape index (κ2) is 13.6. The summed E-state index contributed by atoms with van der Waals surface area (Å²) < 4.78 is 16.7. The Morgan fingerprint density at radius 1 is 0.795 bits per heavy atom. The van der Waals surface area contributed by atoms with Gasteiger partial charge in [0.15, 0.2) is 6.10 Å². The van der Waals surface area contributed by atoms with Crippen molar-refractivity contribution in [2.45, 2.75) is 26.4 Å². The monoisotopic (exact) mass is 522 g/mol. The molecule has 39 heavy (non-hydrogen) atoms. The van der Waals surface area contributed by atoms with Gasteiger partial charge in [-0.05, 0) is 90.7 Å². The van der Waals surface area contributed by atoms with Gasteiger partial charge in [0.1, 0.15) is 17.2 Å². The van der Waals surface area contributed by atoms with E-state index in [1.165, 1.54) is 6.21 Å². The quantitative estimate of drug-likeness (QED) is 0.108. The van der Waals surface area contributed by atoms with Crippen LogP contribution in [-0.4, -0.2) is 30.8 Å². The molecular weight excluding hydrogens is 492 g/mol. The Hall–Kier alpha value is -4.91. The molecule has 1 N–H and O–H groups in total. The number of carbonyl (C=O) groups excluding carboxylic acids is 2. The lowest BCUT2D eigenvalue weighted by Crippen LogP contribution is -2.33. The molecule has 4 aromatic carbocycles. The third kappa shape index (κ3) is 8.04. The van der Waals surface area contributed by atoms with Crippen molar-refractivity contribution in [1.29, 1.82) is 0 Å². The summed E-state index contributed by atoms with van der Waals surface area (Å²) in [6.07, 6.45) is 1.67. The first-order valence-electron chi connectivity index (χ1n) is 12.7. The van der Waals surface area contributed by atoms with Gasteiger partial charge < -0.3 is 14.2 Å². The van der Waals surface area contributed by atoms with Crippen molar-refractivity contribution in [2.24, 2.45) is 5.10 Å². The van der Waals surface area contributed by atoms with Crippen LogP contribution >= 0.6 is 0 Å². The summed E-state index contributed by atoms with van der Waals surface area (Å²) in [7, 11) is 0. The Bertz CT molecular complexity index is 1380. The molecule has 0 saturated carbocycles. The highest BCUT2D eigenvalue weighted by Gasteiger charge is 2.14. The van der Waals surface area contributed by atoms with Crippen molar-refractivity contribution in [3.05, 3.63) is 114 Å². The topological polar surface area (TPSA) is 86.2 Å². The Morgan fingerprint density at radius 2 is 1.41 bits per heavy atom. The standard InChI is InChI=1S/C32H30N2O5/c1-3-21-37-28-17-13-27(14-18-28)32(36)39-30-15-9-24(10-16-30)22-33-34-31(35)23(2)38-29-19-11-26(12-20-29)25-7-5-4-6-8-25/h4-20,22-23H,3,21H2,1-2H3,(H,34,35)/b33-22-/t23-/m1/s1. The number of hydrazone groups is 1. The third-order valence-electron chi connectivity index (χ3n) is 5.69. The molecule has 0 spiro atoms. The van der Waals surface area contributed by atoms with Gasteiger partial charge in [-0.15, -0.1) is 0 Å². The fourth-order valence-corrected chi connectivity index (χ4v) is 3.57. The minimum atomic E-state index is -0.737. The average molecular weight is 523 g/mol. The number of nitrogens with zero attached hydrogens (tertiary/aromatic N) is 1. The van der Waals surface area contributed by atoms with Crippen molar-refractivity contribution in [3.63, 3.8) is 0 Å². The molecule has 0 heterocycles. The highest BCUT2D eigenvalue weighted by molar-refractivity contribution is 5.91. The van der Waals surface area contributed by atoms with Crippen LogP contribution in [0.5, 0.6) is 17.2 Å². The van der Waals surface area contributed by atoms with E-state index in [0.717, 1.165) is 23.1 Å². The maximum Gasteiger partial charge on any atom is 0.343 e. The van der Waals surface area contributed by atoms with E-state index in [9.17, 15) is 9.59 Å². The maximum absolute atomic E-state index is 12.4. The van der Waals surface area contributed by atoms with Gasteiger partial charge in [0.05, 0.1) is 18.4 Å². The molecule has 1 atom stereocenters. The molecule has 4 aromatic rings. The van der Waals surface area contributed by atoms with Crippen LogP contribution in [0.15, 0.2) is 108 Å². The molecule has 0 radical (unpaired) electrons. The number of hydrogen-bond donors (Lipinski definition) is 1. The molecule has 7 nitrogen and oxygen atoms in total. The van der Waals surface area contributed by atoms with E-state index in [-0.39, 0.29) is 5.91 Å². The van der Waals surface area contributed by atoms with E-state index < -0.39 is 12.1 Å². The smallest absolute Gasteiger partial charge is 0.343 e. The average Bonchev–Trinajstić information content (AvgIpc) is 2.98. The summed E-state index contributed by atoms with van der Waals surface area (Å²) in [5, 5.41) is 4.00. The summed E-state index contributed by atoms with van der Waals surface area (Å²) in [6, 6.07) is 31.2. The highest BCUT2D eigenvalue weighted by Crippen LogP contribution is 2.22. The van der Waals surface area contributed by atoms with E-state index in [0.29, 0.717) is 29.4 Å². The van der Waals surface area contributed by atoms with Gasteiger partial charge in [0.25, 0.3) is 5.91 Å². The normalized spacial score (nSPS) is 11.5. The van der Waals surface area contributed by atoms with Crippen LogP contribution in [0.3, 0.4) is 0 Å². The number of amides is 1. The van der Waals surface area contributed by atoms with Crippen LogP contribution in [-0.2, 0) is 4.79 Å². The van der Waals surface area contributed by atoms with Gasteiger partial charge in [-0.2, -0.15) is 5.10 Å². The minimum Gasteiger partial charge on any atom is -0.494 e. The molecule has 0 aromatic heterocycles. The SMILES string of the molecule is CCCOc1ccc(C(=O)Oc2ccc(/C=N\NC(=O)[C@@H](C)Oc3ccc(-c4ccccc4)cc3)cc2)cc1. The first-order valence-corrected chi connectivity index (χ1v) is 12.7. The van der Waals surface area contributed by atoms with Gasteiger partial charge in [0, 0.05) is 0 Å². The largest absolute Gasteiger partial charge is 0.494 e.